The maximum absolute atomic E-state index is 11.1. The summed E-state index contributed by atoms with van der Waals surface area (Å²) in [5.41, 5.74) is 0. The van der Waals surface area contributed by atoms with Crippen molar-refractivity contribution in [3.05, 3.63) is 0 Å². The number of methoxy groups -OCH3 is 1. The molecule has 0 bridgehead atoms. The first-order valence-electron chi connectivity index (χ1n) is 6.80. The highest BCUT2D eigenvalue weighted by atomic mass is 16.5. The van der Waals surface area contributed by atoms with Gasteiger partial charge in [-0.1, -0.05) is 6.42 Å². The van der Waals surface area contributed by atoms with Crippen LogP contribution in [0.2, 0.25) is 0 Å². The molecule has 2 rings (SSSR count). The second kappa shape index (κ2) is 6.47. The molecule has 0 spiro atoms. The lowest BCUT2D eigenvalue weighted by atomic mass is 9.94. The monoisotopic (exact) mass is 240 g/mol. The van der Waals surface area contributed by atoms with Crippen molar-refractivity contribution < 1.29 is 9.53 Å². The third-order valence-electron chi connectivity index (χ3n) is 4.07. The van der Waals surface area contributed by atoms with Crippen LogP contribution in [0.15, 0.2) is 0 Å². The highest BCUT2D eigenvalue weighted by Gasteiger charge is 2.30. The van der Waals surface area contributed by atoms with E-state index in [0.717, 1.165) is 32.3 Å². The molecule has 0 amide bonds. The predicted molar refractivity (Wildman–Crippen MR) is 66.8 cm³/mol. The van der Waals surface area contributed by atoms with Gasteiger partial charge in [0.1, 0.15) is 12.5 Å². The quantitative estimate of drug-likeness (QED) is 0.745. The maximum Gasteiger partial charge on any atom is 0.137 e. The number of likely N-dealkylation sites (tertiary alicyclic amines) is 1. The molecule has 0 aromatic carbocycles. The minimum absolute atomic E-state index is 0.142. The molecule has 3 unspecified atom stereocenters. The largest absolute Gasteiger partial charge is 0.366 e. The van der Waals surface area contributed by atoms with Gasteiger partial charge in [0.05, 0.1) is 6.04 Å². The first-order valence-corrected chi connectivity index (χ1v) is 6.80. The summed E-state index contributed by atoms with van der Waals surface area (Å²) in [5.74, 6) is 0.522. The Balaban J connectivity index is 1.90. The van der Waals surface area contributed by atoms with Crippen LogP contribution in [0.4, 0.5) is 0 Å². The van der Waals surface area contributed by atoms with Gasteiger partial charge < -0.3 is 9.53 Å². The van der Waals surface area contributed by atoms with Gasteiger partial charge in [0, 0.05) is 19.6 Å². The van der Waals surface area contributed by atoms with Gasteiger partial charge in [-0.05, 0) is 38.8 Å². The van der Waals surface area contributed by atoms with Gasteiger partial charge in [-0.3, -0.25) is 10.2 Å². The molecule has 4 nitrogen and oxygen atoms in total. The average molecular weight is 240 g/mol. The smallest absolute Gasteiger partial charge is 0.137 e. The first kappa shape index (κ1) is 13.0. The lowest BCUT2D eigenvalue weighted by Crippen LogP contribution is -2.50. The zero-order valence-electron chi connectivity index (χ0n) is 10.7. The van der Waals surface area contributed by atoms with Gasteiger partial charge in [0.2, 0.25) is 0 Å². The number of hydrogen-bond donors (Lipinski definition) is 1. The average Bonchev–Trinajstić information content (AvgIpc) is 2.40. The number of nitrogens with zero attached hydrogens (tertiary/aromatic N) is 1. The van der Waals surface area contributed by atoms with Gasteiger partial charge in [0.25, 0.3) is 0 Å². The molecule has 3 atom stereocenters. The van der Waals surface area contributed by atoms with E-state index < -0.39 is 0 Å². The lowest BCUT2D eigenvalue weighted by molar-refractivity contribution is -0.114. The van der Waals surface area contributed by atoms with E-state index in [2.05, 4.69) is 10.2 Å². The molecule has 0 radical (unpaired) electrons. The summed E-state index contributed by atoms with van der Waals surface area (Å²) in [6.07, 6.45) is 7.15. The molecule has 17 heavy (non-hydrogen) atoms. The molecule has 0 aromatic rings. The normalized spacial score (nSPS) is 35.7. The number of carbonyl (C=O) groups excluding carboxylic acids is 1. The van der Waals surface area contributed by atoms with Gasteiger partial charge in [-0.15, -0.1) is 0 Å². The first-order chi connectivity index (χ1) is 8.35. The topological polar surface area (TPSA) is 41.6 Å². The van der Waals surface area contributed by atoms with E-state index in [9.17, 15) is 4.79 Å². The number of piperidine rings is 2. The molecular weight excluding hydrogens is 216 g/mol. The minimum Gasteiger partial charge on any atom is -0.366 e. The van der Waals surface area contributed by atoms with Crippen LogP contribution in [-0.4, -0.2) is 50.2 Å². The fourth-order valence-electron chi connectivity index (χ4n) is 3.09. The maximum atomic E-state index is 11.1. The molecule has 98 valence electrons. The van der Waals surface area contributed by atoms with E-state index in [-0.39, 0.29) is 12.3 Å². The van der Waals surface area contributed by atoms with Crippen molar-refractivity contribution in [2.24, 2.45) is 5.92 Å². The second-order valence-electron chi connectivity index (χ2n) is 5.21. The molecule has 2 heterocycles. The number of aldehydes is 1. The number of ether oxygens (including phenoxy) is 1. The Hall–Kier alpha value is -0.450. The zero-order valence-corrected chi connectivity index (χ0v) is 10.7. The van der Waals surface area contributed by atoms with Gasteiger partial charge in [-0.25, -0.2) is 0 Å². The molecule has 0 saturated carbocycles. The van der Waals surface area contributed by atoms with E-state index >= 15 is 0 Å². The van der Waals surface area contributed by atoms with E-state index in [1.54, 1.807) is 7.11 Å². The van der Waals surface area contributed by atoms with Crippen LogP contribution in [-0.2, 0) is 9.53 Å². The predicted octanol–water partition coefficient (Wildman–Crippen LogP) is 1.01. The molecule has 2 aliphatic rings. The van der Waals surface area contributed by atoms with Gasteiger partial charge in [0.15, 0.2) is 0 Å². The van der Waals surface area contributed by atoms with E-state index in [1.807, 2.05) is 0 Å². The Morgan fingerprint density at radius 3 is 3.00 bits per heavy atom. The van der Waals surface area contributed by atoms with Crippen molar-refractivity contribution in [1.29, 1.82) is 0 Å². The summed E-state index contributed by atoms with van der Waals surface area (Å²) in [6, 6.07) is 0.142. The molecule has 0 aliphatic carbocycles. The van der Waals surface area contributed by atoms with Crippen molar-refractivity contribution >= 4 is 6.29 Å². The van der Waals surface area contributed by atoms with Crippen LogP contribution in [0.3, 0.4) is 0 Å². The Bertz CT molecular complexity index is 248. The summed E-state index contributed by atoms with van der Waals surface area (Å²) >= 11 is 0. The number of rotatable bonds is 4. The molecule has 1 N–H and O–H groups in total. The van der Waals surface area contributed by atoms with Crippen molar-refractivity contribution in [3.8, 4) is 0 Å². The van der Waals surface area contributed by atoms with Crippen LogP contribution in [0.5, 0.6) is 0 Å². The summed E-state index contributed by atoms with van der Waals surface area (Å²) < 4.78 is 5.49. The van der Waals surface area contributed by atoms with Crippen LogP contribution in [0.25, 0.3) is 0 Å². The van der Waals surface area contributed by atoms with Crippen molar-refractivity contribution in [3.63, 3.8) is 0 Å². The van der Waals surface area contributed by atoms with Crippen LogP contribution in [0.1, 0.15) is 32.1 Å². The van der Waals surface area contributed by atoms with Crippen LogP contribution >= 0.6 is 0 Å². The summed E-state index contributed by atoms with van der Waals surface area (Å²) in [4.78, 5) is 13.4. The van der Waals surface area contributed by atoms with Crippen LogP contribution in [0, 0.1) is 5.92 Å². The van der Waals surface area contributed by atoms with Crippen LogP contribution < -0.4 is 5.32 Å². The highest BCUT2D eigenvalue weighted by molar-refractivity contribution is 5.57. The molecule has 0 aromatic heterocycles. The fourth-order valence-corrected chi connectivity index (χ4v) is 3.09. The number of carbonyl (C=O) groups is 1. The van der Waals surface area contributed by atoms with E-state index in [4.69, 9.17) is 4.74 Å². The van der Waals surface area contributed by atoms with Gasteiger partial charge in [-0.2, -0.15) is 0 Å². The Labute approximate surface area is 104 Å². The fraction of sp³-hybridized carbons (Fsp3) is 0.923. The molecular formula is C13H24N2O2. The van der Waals surface area contributed by atoms with Crippen molar-refractivity contribution in [2.45, 2.75) is 44.4 Å². The third kappa shape index (κ3) is 3.27. The summed E-state index contributed by atoms with van der Waals surface area (Å²) in [5, 5.41) is 3.40. The van der Waals surface area contributed by atoms with Crippen molar-refractivity contribution in [2.75, 3.05) is 26.7 Å². The minimum atomic E-state index is 0.142. The molecule has 2 aliphatic heterocycles. The third-order valence-corrected chi connectivity index (χ3v) is 4.07. The molecule has 4 heteroatoms. The summed E-state index contributed by atoms with van der Waals surface area (Å²) in [6.45, 7) is 3.11. The second-order valence-corrected chi connectivity index (χ2v) is 5.21. The standard InChI is InChI=1S/C13H24N2O2/c1-17-13-11(5-4-7-14-13)9-15-8-3-2-6-12(15)10-16/h10-14H,2-9H2,1H3. The molecule has 2 saturated heterocycles. The SMILES string of the molecule is COC1NCCCC1CN1CCCCC1C=O. The Morgan fingerprint density at radius 2 is 2.24 bits per heavy atom. The van der Waals surface area contributed by atoms with Gasteiger partial charge >= 0.3 is 0 Å². The van der Waals surface area contributed by atoms with E-state index in [0.29, 0.717) is 5.92 Å². The zero-order chi connectivity index (χ0) is 12.1. The van der Waals surface area contributed by atoms with E-state index in [1.165, 1.54) is 25.7 Å². The highest BCUT2D eigenvalue weighted by Crippen LogP contribution is 2.22. The summed E-state index contributed by atoms with van der Waals surface area (Å²) in [7, 11) is 1.77. The lowest BCUT2D eigenvalue weighted by Gasteiger charge is -2.39. The Morgan fingerprint density at radius 1 is 1.35 bits per heavy atom. The Kier molecular flexibility index (Phi) is 4.95. The number of nitrogens with one attached hydrogen (secondary N) is 1. The number of hydrogen-bond acceptors (Lipinski definition) is 4. The molecule has 2 fully saturated rings. The van der Waals surface area contributed by atoms with Crippen molar-refractivity contribution in [1.82, 2.24) is 10.2 Å².